The third-order valence-corrected chi connectivity index (χ3v) is 3.57. The van der Waals surface area contributed by atoms with Gasteiger partial charge in [0.15, 0.2) is 0 Å². The van der Waals surface area contributed by atoms with Crippen molar-refractivity contribution in [1.82, 2.24) is 4.90 Å². The predicted molar refractivity (Wildman–Crippen MR) is 83.5 cm³/mol. The van der Waals surface area contributed by atoms with Gasteiger partial charge in [-0.3, -0.25) is 0 Å². The Morgan fingerprint density at radius 3 is 2.50 bits per heavy atom. The number of methoxy groups -OCH3 is 2. The molecule has 0 aliphatic heterocycles. The van der Waals surface area contributed by atoms with Crippen LogP contribution in [-0.4, -0.2) is 38.8 Å². The highest BCUT2D eigenvalue weighted by atomic mass is 16.5. The number of benzene rings is 1. The second-order valence-electron chi connectivity index (χ2n) is 4.96. The van der Waals surface area contributed by atoms with Gasteiger partial charge < -0.3 is 20.1 Å². The molecule has 1 aromatic rings. The molecule has 114 valence electrons. The Balaban J connectivity index is 2.81. The Morgan fingerprint density at radius 1 is 1.20 bits per heavy atom. The van der Waals surface area contributed by atoms with Crippen LogP contribution >= 0.6 is 0 Å². The largest absolute Gasteiger partial charge is 0.497 e. The zero-order valence-electron chi connectivity index (χ0n) is 13.2. The second-order valence-corrected chi connectivity index (χ2v) is 4.96. The number of ether oxygens (including phenoxy) is 2. The molecule has 1 rings (SSSR count). The molecule has 0 spiro atoms. The van der Waals surface area contributed by atoms with Crippen LogP contribution in [0.5, 0.6) is 11.5 Å². The lowest BCUT2D eigenvalue weighted by Gasteiger charge is -2.25. The van der Waals surface area contributed by atoms with Crippen LogP contribution in [0.3, 0.4) is 0 Å². The van der Waals surface area contributed by atoms with Crippen molar-refractivity contribution < 1.29 is 9.47 Å². The summed E-state index contributed by atoms with van der Waals surface area (Å²) in [7, 11) is 3.34. The Bertz CT molecular complexity index is 396. The van der Waals surface area contributed by atoms with Gasteiger partial charge in [0.2, 0.25) is 0 Å². The van der Waals surface area contributed by atoms with Gasteiger partial charge in [-0.2, -0.15) is 0 Å². The molecule has 0 bridgehead atoms. The van der Waals surface area contributed by atoms with Crippen molar-refractivity contribution in [1.29, 1.82) is 0 Å². The van der Waals surface area contributed by atoms with Gasteiger partial charge in [-0.25, -0.2) is 0 Å². The van der Waals surface area contributed by atoms with Gasteiger partial charge in [-0.15, -0.1) is 0 Å². The minimum Gasteiger partial charge on any atom is -0.497 e. The van der Waals surface area contributed by atoms with Gasteiger partial charge >= 0.3 is 0 Å². The van der Waals surface area contributed by atoms with E-state index in [-0.39, 0.29) is 6.04 Å². The number of nitrogens with two attached hydrogens (primary N) is 1. The first kappa shape index (κ1) is 16.8. The van der Waals surface area contributed by atoms with Crippen molar-refractivity contribution >= 4 is 0 Å². The molecule has 1 aromatic carbocycles. The normalized spacial score (nSPS) is 12.5. The third-order valence-electron chi connectivity index (χ3n) is 3.57. The van der Waals surface area contributed by atoms with E-state index in [1.165, 1.54) is 12.8 Å². The van der Waals surface area contributed by atoms with Crippen LogP contribution in [-0.2, 0) is 0 Å². The first-order chi connectivity index (χ1) is 9.65. The van der Waals surface area contributed by atoms with E-state index in [1.807, 2.05) is 18.2 Å². The molecule has 0 aliphatic rings. The zero-order chi connectivity index (χ0) is 15.0. The van der Waals surface area contributed by atoms with Crippen molar-refractivity contribution in [3.63, 3.8) is 0 Å². The molecular formula is C16H28N2O2. The maximum absolute atomic E-state index is 6.37. The Hall–Kier alpha value is -1.26. The summed E-state index contributed by atoms with van der Waals surface area (Å²) >= 11 is 0. The van der Waals surface area contributed by atoms with Gasteiger partial charge in [-0.05, 0) is 37.7 Å². The van der Waals surface area contributed by atoms with Crippen molar-refractivity contribution in [2.24, 2.45) is 5.73 Å². The van der Waals surface area contributed by atoms with Gasteiger partial charge in [0.1, 0.15) is 11.5 Å². The van der Waals surface area contributed by atoms with E-state index in [9.17, 15) is 0 Å². The van der Waals surface area contributed by atoms with Crippen molar-refractivity contribution in [2.75, 3.05) is 33.9 Å². The van der Waals surface area contributed by atoms with Crippen LogP contribution in [0.2, 0.25) is 0 Å². The number of hydrogen-bond donors (Lipinski definition) is 1. The van der Waals surface area contributed by atoms with Crippen LogP contribution < -0.4 is 15.2 Å². The van der Waals surface area contributed by atoms with E-state index >= 15 is 0 Å². The summed E-state index contributed by atoms with van der Waals surface area (Å²) in [4.78, 5) is 2.38. The lowest BCUT2D eigenvalue weighted by atomic mass is 10.1. The average molecular weight is 280 g/mol. The quantitative estimate of drug-likeness (QED) is 0.755. The summed E-state index contributed by atoms with van der Waals surface area (Å²) in [5, 5.41) is 0. The van der Waals surface area contributed by atoms with E-state index in [0.29, 0.717) is 0 Å². The van der Waals surface area contributed by atoms with Crippen molar-refractivity contribution in [3.05, 3.63) is 23.8 Å². The molecule has 1 atom stereocenters. The zero-order valence-corrected chi connectivity index (χ0v) is 13.2. The van der Waals surface area contributed by atoms with E-state index < -0.39 is 0 Å². The summed E-state index contributed by atoms with van der Waals surface area (Å²) < 4.78 is 10.7. The van der Waals surface area contributed by atoms with Crippen LogP contribution in [0.15, 0.2) is 18.2 Å². The maximum atomic E-state index is 6.37. The highest BCUT2D eigenvalue weighted by Crippen LogP contribution is 2.28. The first-order valence-corrected chi connectivity index (χ1v) is 7.36. The number of unbranched alkanes of at least 4 members (excludes halogenated alkanes) is 1. The third kappa shape index (κ3) is 4.69. The summed E-state index contributed by atoms with van der Waals surface area (Å²) in [6.45, 7) is 7.32. The Kier molecular flexibility index (Phi) is 7.41. The lowest BCUT2D eigenvalue weighted by Crippen LogP contribution is -2.33. The summed E-state index contributed by atoms with van der Waals surface area (Å²) in [6.07, 6.45) is 2.41. The van der Waals surface area contributed by atoms with E-state index in [4.69, 9.17) is 15.2 Å². The van der Waals surface area contributed by atoms with Crippen LogP contribution in [0.25, 0.3) is 0 Å². The SMILES string of the molecule is CCCCN(CC)CC(N)c1cc(OC)ccc1OC. The monoisotopic (exact) mass is 280 g/mol. The fourth-order valence-electron chi connectivity index (χ4n) is 2.27. The second kappa shape index (κ2) is 8.82. The minimum absolute atomic E-state index is 0.0724. The van der Waals surface area contributed by atoms with Crippen LogP contribution in [0, 0.1) is 0 Å². The van der Waals surface area contributed by atoms with Crippen LogP contribution in [0.1, 0.15) is 38.3 Å². The molecule has 2 N–H and O–H groups in total. The van der Waals surface area contributed by atoms with Crippen LogP contribution in [0.4, 0.5) is 0 Å². The molecule has 4 nitrogen and oxygen atoms in total. The highest BCUT2D eigenvalue weighted by molar-refractivity contribution is 5.42. The van der Waals surface area contributed by atoms with E-state index in [0.717, 1.165) is 36.7 Å². The molecule has 1 unspecified atom stereocenters. The molecule has 0 fully saturated rings. The first-order valence-electron chi connectivity index (χ1n) is 7.36. The molecule has 0 aromatic heterocycles. The topological polar surface area (TPSA) is 47.7 Å². The predicted octanol–water partition coefficient (Wildman–Crippen LogP) is 2.83. The molecule has 0 radical (unpaired) electrons. The number of nitrogens with zero attached hydrogens (tertiary/aromatic N) is 1. The number of likely N-dealkylation sites (N-methyl/N-ethyl adjacent to an activating group) is 1. The van der Waals surface area contributed by atoms with Crippen molar-refractivity contribution in [2.45, 2.75) is 32.7 Å². The van der Waals surface area contributed by atoms with E-state index in [1.54, 1.807) is 14.2 Å². The molecule has 0 aliphatic carbocycles. The molecule has 0 amide bonds. The standard InChI is InChI=1S/C16H28N2O2/c1-5-7-10-18(6-2)12-15(17)14-11-13(19-3)8-9-16(14)20-4/h8-9,11,15H,5-7,10,12,17H2,1-4H3. The summed E-state index contributed by atoms with van der Waals surface area (Å²) in [5.41, 5.74) is 7.37. The molecule has 20 heavy (non-hydrogen) atoms. The van der Waals surface area contributed by atoms with Gasteiger partial charge in [0.25, 0.3) is 0 Å². The molecular weight excluding hydrogens is 252 g/mol. The summed E-state index contributed by atoms with van der Waals surface area (Å²) in [5.74, 6) is 1.64. The molecule has 4 heteroatoms. The Morgan fingerprint density at radius 2 is 1.95 bits per heavy atom. The lowest BCUT2D eigenvalue weighted by molar-refractivity contribution is 0.264. The molecule has 0 saturated heterocycles. The van der Waals surface area contributed by atoms with Crippen molar-refractivity contribution in [3.8, 4) is 11.5 Å². The number of hydrogen-bond acceptors (Lipinski definition) is 4. The summed E-state index contributed by atoms with van der Waals surface area (Å²) in [6, 6.07) is 5.70. The minimum atomic E-state index is -0.0724. The molecule has 0 heterocycles. The molecule has 0 saturated carbocycles. The maximum Gasteiger partial charge on any atom is 0.123 e. The smallest absolute Gasteiger partial charge is 0.123 e. The van der Waals surface area contributed by atoms with Gasteiger partial charge in [0.05, 0.1) is 14.2 Å². The fraction of sp³-hybridized carbons (Fsp3) is 0.625. The van der Waals surface area contributed by atoms with E-state index in [2.05, 4.69) is 18.7 Å². The fourth-order valence-corrected chi connectivity index (χ4v) is 2.27. The number of rotatable bonds is 9. The average Bonchev–Trinajstić information content (AvgIpc) is 2.50. The highest BCUT2D eigenvalue weighted by Gasteiger charge is 2.16. The van der Waals surface area contributed by atoms with Gasteiger partial charge in [0, 0.05) is 18.2 Å². The van der Waals surface area contributed by atoms with Gasteiger partial charge in [-0.1, -0.05) is 20.3 Å². The Labute approximate surface area is 122 Å².